The molecular weight excluding hydrogens is 382 g/mol. The topological polar surface area (TPSA) is 68.0 Å². The largest absolute Gasteiger partial charge is 0.411 e. The highest BCUT2D eigenvalue weighted by molar-refractivity contribution is 7.99. The lowest BCUT2D eigenvalue weighted by Gasteiger charge is -2.18. The zero-order valence-corrected chi connectivity index (χ0v) is 16.0. The molecule has 5 nitrogen and oxygen atoms in total. The molecule has 1 aromatic heterocycles. The fourth-order valence-corrected chi connectivity index (χ4v) is 3.71. The van der Waals surface area contributed by atoms with Crippen molar-refractivity contribution in [2.24, 2.45) is 5.92 Å². The number of benzene rings is 2. The summed E-state index contributed by atoms with van der Waals surface area (Å²) in [5.74, 6) is 1.05. The number of amides is 1. The van der Waals surface area contributed by atoms with E-state index in [1.165, 1.54) is 11.8 Å². The number of halogens is 1. The van der Waals surface area contributed by atoms with Crippen LogP contribution < -0.4 is 5.32 Å². The molecule has 0 spiro atoms. The number of nitrogens with one attached hydrogen (secondary N) is 1. The van der Waals surface area contributed by atoms with Crippen molar-refractivity contribution >= 4 is 29.3 Å². The number of rotatable bonds is 7. The lowest BCUT2D eigenvalue weighted by molar-refractivity contribution is -0.119. The first-order valence-electron chi connectivity index (χ1n) is 8.76. The van der Waals surface area contributed by atoms with Gasteiger partial charge in [-0.3, -0.25) is 4.79 Å². The Morgan fingerprint density at radius 2 is 1.89 bits per heavy atom. The van der Waals surface area contributed by atoms with Crippen LogP contribution in [0.15, 0.2) is 64.2 Å². The van der Waals surface area contributed by atoms with Crippen LogP contribution in [-0.2, 0) is 4.79 Å². The molecular formula is C20H18ClN3O2S. The van der Waals surface area contributed by atoms with Crippen molar-refractivity contribution in [3.8, 4) is 11.5 Å². The van der Waals surface area contributed by atoms with Crippen molar-refractivity contribution in [1.82, 2.24) is 15.5 Å². The molecule has 1 aliphatic rings. The first-order valence-corrected chi connectivity index (χ1v) is 10.1. The van der Waals surface area contributed by atoms with E-state index in [0.29, 0.717) is 27.6 Å². The Bertz CT molecular complexity index is 928. The van der Waals surface area contributed by atoms with Crippen LogP contribution in [0.5, 0.6) is 0 Å². The van der Waals surface area contributed by atoms with E-state index in [2.05, 4.69) is 27.6 Å². The van der Waals surface area contributed by atoms with Gasteiger partial charge in [-0.15, -0.1) is 10.2 Å². The summed E-state index contributed by atoms with van der Waals surface area (Å²) in [6, 6.07) is 17.5. The Labute approximate surface area is 166 Å². The molecule has 4 rings (SSSR count). The predicted molar refractivity (Wildman–Crippen MR) is 106 cm³/mol. The number of carbonyl (C=O) groups is 1. The van der Waals surface area contributed by atoms with Crippen LogP contribution in [0.25, 0.3) is 11.5 Å². The molecule has 1 saturated carbocycles. The zero-order chi connectivity index (χ0) is 18.6. The van der Waals surface area contributed by atoms with Gasteiger partial charge in [-0.05, 0) is 36.5 Å². The first-order chi connectivity index (χ1) is 13.2. The molecule has 1 atom stereocenters. The molecule has 1 unspecified atom stereocenters. The quantitative estimate of drug-likeness (QED) is 0.580. The first kappa shape index (κ1) is 18.1. The molecule has 7 heteroatoms. The van der Waals surface area contributed by atoms with Gasteiger partial charge in [0.2, 0.25) is 11.8 Å². The Morgan fingerprint density at radius 1 is 1.15 bits per heavy atom. The number of hydrogen-bond donors (Lipinski definition) is 1. The minimum absolute atomic E-state index is 0.0433. The summed E-state index contributed by atoms with van der Waals surface area (Å²) in [4.78, 5) is 12.4. The molecule has 3 aromatic rings. The second kappa shape index (κ2) is 8.15. The highest BCUT2D eigenvalue weighted by Crippen LogP contribution is 2.41. The van der Waals surface area contributed by atoms with Crippen molar-refractivity contribution in [2.75, 3.05) is 5.75 Å². The maximum atomic E-state index is 12.4. The standard InChI is InChI=1S/C20H18ClN3O2S/c21-16-9-5-4-8-15(16)19-23-24-20(26-19)27-12-17(25)22-18(14-10-11-14)13-6-2-1-3-7-13/h1-9,14,18H,10-12H2,(H,22,25). The molecule has 2 aromatic carbocycles. The predicted octanol–water partition coefficient (Wildman–Crippen LogP) is 4.75. The van der Waals surface area contributed by atoms with Gasteiger partial charge >= 0.3 is 0 Å². The van der Waals surface area contributed by atoms with Gasteiger partial charge in [-0.2, -0.15) is 0 Å². The molecule has 1 N–H and O–H groups in total. The molecule has 1 aliphatic carbocycles. The average Bonchev–Trinajstić information content (AvgIpc) is 3.43. The van der Waals surface area contributed by atoms with Crippen LogP contribution in [0.1, 0.15) is 24.4 Å². The molecule has 1 amide bonds. The summed E-state index contributed by atoms with van der Waals surface area (Å²) in [5, 5.41) is 12.1. The Hall–Kier alpha value is -2.31. The maximum Gasteiger partial charge on any atom is 0.277 e. The van der Waals surface area contributed by atoms with Crippen molar-refractivity contribution in [1.29, 1.82) is 0 Å². The van der Waals surface area contributed by atoms with Gasteiger partial charge in [0.1, 0.15) is 0 Å². The van der Waals surface area contributed by atoms with Crippen LogP contribution >= 0.6 is 23.4 Å². The summed E-state index contributed by atoms with van der Waals surface area (Å²) in [6.45, 7) is 0. The van der Waals surface area contributed by atoms with Gasteiger partial charge in [0.15, 0.2) is 0 Å². The summed E-state index contributed by atoms with van der Waals surface area (Å²) in [6.07, 6.45) is 2.30. The number of hydrogen-bond acceptors (Lipinski definition) is 5. The van der Waals surface area contributed by atoms with Crippen molar-refractivity contribution in [3.63, 3.8) is 0 Å². The third-order valence-electron chi connectivity index (χ3n) is 4.41. The van der Waals surface area contributed by atoms with E-state index < -0.39 is 0 Å². The number of thioether (sulfide) groups is 1. The van der Waals surface area contributed by atoms with E-state index in [1.807, 2.05) is 36.4 Å². The van der Waals surface area contributed by atoms with Crippen LogP contribution in [0, 0.1) is 5.92 Å². The lowest BCUT2D eigenvalue weighted by atomic mass is 10.0. The van der Waals surface area contributed by atoms with Gasteiger partial charge in [0, 0.05) is 0 Å². The summed E-state index contributed by atoms with van der Waals surface area (Å²) in [7, 11) is 0. The molecule has 0 saturated heterocycles. The maximum absolute atomic E-state index is 12.4. The van der Waals surface area contributed by atoms with Crippen LogP contribution in [-0.4, -0.2) is 21.9 Å². The summed E-state index contributed by atoms with van der Waals surface area (Å²) in [5.41, 5.74) is 1.83. The summed E-state index contributed by atoms with van der Waals surface area (Å²) < 4.78 is 5.63. The minimum Gasteiger partial charge on any atom is -0.411 e. The molecule has 27 heavy (non-hydrogen) atoms. The molecule has 0 aliphatic heterocycles. The van der Waals surface area contributed by atoms with E-state index in [0.717, 1.165) is 18.4 Å². The second-order valence-electron chi connectivity index (χ2n) is 6.43. The fraction of sp³-hybridized carbons (Fsp3) is 0.250. The van der Waals surface area contributed by atoms with Crippen molar-refractivity contribution in [2.45, 2.75) is 24.1 Å². The normalized spacial score (nSPS) is 14.7. The molecule has 1 fully saturated rings. The van der Waals surface area contributed by atoms with E-state index in [9.17, 15) is 4.79 Å². The Morgan fingerprint density at radius 3 is 2.63 bits per heavy atom. The number of nitrogens with zero attached hydrogens (tertiary/aromatic N) is 2. The van der Waals surface area contributed by atoms with E-state index in [4.69, 9.17) is 16.0 Å². The van der Waals surface area contributed by atoms with Crippen LogP contribution in [0.3, 0.4) is 0 Å². The van der Waals surface area contributed by atoms with Crippen LogP contribution in [0.2, 0.25) is 5.02 Å². The lowest BCUT2D eigenvalue weighted by Crippen LogP contribution is -2.31. The molecule has 0 bridgehead atoms. The third-order valence-corrected chi connectivity index (χ3v) is 5.55. The highest BCUT2D eigenvalue weighted by atomic mass is 35.5. The monoisotopic (exact) mass is 399 g/mol. The molecule has 138 valence electrons. The van der Waals surface area contributed by atoms with Gasteiger partial charge in [-0.1, -0.05) is 65.8 Å². The van der Waals surface area contributed by atoms with Gasteiger partial charge in [-0.25, -0.2) is 0 Å². The third kappa shape index (κ3) is 4.51. The van der Waals surface area contributed by atoms with E-state index in [1.54, 1.807) is 6.07 Å². The van der Waals surface area contributed by atoms with Crippen LogP contribution in [0.4, 0.5) is 0 Å². The molecule has 0 radical (unpaired) electrons. The Kier molecular flexibility index (Phi) is 5.45. The zero-order valence-electron chi connectivity index (χ0n) is 14.5. The van der Waals surface area contributed by atoms with E-state index in [-0.39, 0.29) is 17.7 Å². The highest BCUT2D eigenvalue weighted by Gasteiger charge is 2.33. The van der Waals surface area contributed by atoms with Gasteiger partial charge < -0.3 is 9.73 Å². The average molecular weight is 400 g/mol. The fourth-order valence-electron chi connectivity index (χ4n) is 2.92. The van der Waals surface area contributed by atoms with Crippen molar-refractivity contribution < 1.29 is 9.21 Å². The Balaban J connectivity index is 1.36. The molecule has 1 heterocycles. The SMILES string of the molecule is O=C(CSc1nnc(-c2ccccc2Cl)o1)NC(c1ccccc1)C1CC1. The summed E-state index contributed by atoms with van der Waals surface area (Å²) >= 11 is 7.37. The van der Waals surface area contributed by atoms with E-state index >= 15 is 0 Å². The van der Waals surface area contributed by atoms with Gasteiger partial charge in [0.05, 0.1) is 22.4 Å². The second-order valence-corrected chi connectivity index (χ2v) is 7.77. The minimum atomic E-state index is -0.0433. The van der Waals surface area contributed by atoms with Crippen molar-refractivity contribution in [3.05, 3.63) is 65.2 Å². The number of aromatic nitrogens is 2. The van der Waals surface area contributed by atoms with Gasteiger partial charge in [0.25, 0.3) is 5.22 Å². The number of carbonyl (C=O) groups excluding carboxylic acids is 1. The smallest absolute Gasteiger partial charge is 0.277 e.